The molecule has 0 spiro atoms. The van der Waals surface area contributed by atoms with Gasteiger partial charge in [0.25, 0.3) is 0 Å². The molecule has 7 heteroatoms. The van der Waals surface area contributed by atoms with E-state index in [2.05, 4.69) is 12.2 Å². The normalized spacial score (nSPS) is 11.5. The number of hydrogen-bond donors (Lipinski definition) is 2. The Bertz CT molecular complexity index is 492. The summed E-state index contributed by atoms with van der Waals surface area (Å²) in [7, 11) is -3.85. The summed E-state index contributed by atoms with van der Waals surface area (Å²) in [4.78, 5) is -0.216. The topological polar surface area (TPSA) is 72.2 Å². The van der Waals surface area contributed by atoms with Crippen LogP contribution in [0, 0.1) is 5.82 Å². The van der Waals surface area contributed by atoms with Crippen molar-refractivity contribution in [3.63, 3.8) is 0 Å². The van der Waals surface area contributed by atoms with E-state index in [-0.39, 0.29) is 4.90 Å². The summed E-state index contributed by atoms with van der Waals surface area (Å²) in [5, 5.41) is 7.84. The minimum atomic E-state index is -3.85. The van der Waals surface area contributed by atoms with Gasteiger partial charge < -0.3 is 5.32 Å². The number of nitrogens with two attached hydrogens (primary N) is 1. The van der Waals surface area contributed by atoms with E-state index >= 15 is 0 Å². The molecule has 4 nitrogen and oxygen atoms in total. The lowest BCUT2D eigenvalue weighted by atomic mass is 10.3. The number of rotatable bonds is 7. The van der Waals surface area contributed by atoms with E-state index in [1.165, 1.54) is 12.1 Å². The largest absolute Gasteiger partial charge is 0.383 e. The maximum atomic E-state index is 13.6. The molecule has 102 valence electrons. The summed E-state index contributed by atoms with van der Waals surface area (Å²) < 4.78 is 35.6. The van der Waals surface area contributed by atoms with Gasteiger partial charge in [-0.05, 0) is 36.1 Å². The summed E-state index contributed by atoms with van der Waals surface area (Å²) in [6.07, 6.45) is 0.925. The summed E-state index contributed by atoms with van der Waals surface area (Å²) in [5.41, 5.74) is 0.295. The van der Waals surface area contributed by atoms with Crippen LogP contribution in [0.4, 0.5) is 10.1 Å². The monoisotopic (exact) mass is 292 g/mol. The number of nitrogens with one attached hydrogen (secondary N) is 1. The van der Waals surface area contributed by atoms with Crippen molar-refractivity contribution in [2.75, 3.05) is 23.4 Å². The summed E-state index contributed by atoms with van der Waals surface area (Å²) in [6, 6.07) is 3.61. The molecule has 0 aliphatic carbocycles. The van der Waals surface area contributed by atoms with Gasteiger partial charge in [-0.25, -0.2) is 17.9 Å². The van der Waals surface area contributed by atoms with Crippen molar-refractivity contribution in [1.82, 2.24) is 0 Å². The molecule has 0 aromatic heterocycles. The van der Waals surface area contributed by atoms with Crippen molar-refractivity contribution in [3.05, 3.63) is 24.0 Å². The number of anilines is 1. The molecule has 0 saturated carbocycles. The van der Waals surface area contributed by atoms with Crippen LogP contribution in [0.1, 0.15) is 13.3 Å². The smallest absolute Gasteiger partial charge is 0.238 e. The standard InChI is InChI=1S/C11H17FN2O2S2/c1-2-17-7-3-6-14-11-5-4-9(8-10(11)12)18(13,15)16/h4-5,8,14H,2-3,6-7H2,1H3,(H2,13,15,16). The molecular weight excluding hydrogens is 275 g/mol. The average Bonchev–Trinajstić information content (AvgIpc) is 2.29. The minimum Gasteiger partial charge on any atom is -0.383 e. The highest BCUT2D eigenvalue weighted by Crippen LogP contribution is 2.18. The van der Waals surface area contributed by atoms with Crippen LogP contribution in [-0.4, -0.2) is 26.5 Å². The molecule has 1 aromatic rings. The van der Waals surface area contributed by atoms with E-state index < -0.39 is 15.8 Å². The lowest BCUT2D eigenvalue weighted by Crippen LogP contribution is -2.13. The fourth-order valence-electron chi connectivity index (χ4n) is 1.36. The Morgan fingerprint density at radius 1 is 1.44 bits per heavy atom. The number of thioether (sulfide) groups is 1. The summed E-state index contributed by atoms with van der Waals surface area (Å²) in [5.74, 6) is 1.47. The van der Waals surface area contributed by atoms with Gasteiger partial charge in [0.1, 0.15) is 5.82 Å². The first kappa shape index (κ1) is 15.3. The van der Waals surface area contributed by atoms with Gasteiger partial charge in [0, 0.05) is 6.54 Å². The van der Waals surface area contributed by atoms with E-state index in [4.69, 9.17) is 5.14 Å². The predicted molar refractivity (Wildman–Crippen MR) is 73.9 cm³/mol. The van der Waals surface area contributed by atoms with E-state index in [1.54, 1.807) is 0 Å². The van der Waals surface area contributed by atoms with Crippen LogP contribution >= 0.6 is 11.8 Å². The van der Waals surface area contributed by atoms with E-state index in [1.807, 2.05) is 11.8 Å². The molecule has 0 fully saturated rings. The van der Waals surface area contributed by atoms with Gasteiger partial charge in [0.2, 0.25) is 10.0 Å². The highest BCUT2D eigenvalue weighted by atomic mass is 32.2. The molecule has 0 heterocycles. The molecular formula is C11H17FN2O2S2. The molecule has 1 aromatic carbocycles. The lowest BCUT2D eigenvalue weighted by Gasteiger charge is -2.08. The Morgan fingerprint density at radius 3 is 2.72 bits per heavy atom. The van der Waals surface area contributed by atoms with E-state index in [0.717, 1.165) is 24.0 Å². The van der Waals surface area contributed by atoms with Gasteiger partial charge in [0.05, 0.1) is 10.6 Å². The van der Waals surface area contributed by atoms with Gasteiger partial charge >= 0.3 is 0 Å². The van der Waals surface area contributed by atoms with Crippen molar-refractivity contribution in [2.45, 2.75) is 18.2 Å². The maximum absolute atomic E-state index is 13.6. The van der Waals surface area contributed by atoms with Crippen LogP contribution in [0.3, 0.4) is 0 Å². The van der Waals surface area contributed by atoms with Gasteiger partial charge in [-0.3, -0.25) is 0 Å². The van der Waals surface area contributed by atoms with Crippen molar-refractivity contribution < 1.29 is 12.8 Å². The zero-order valence-electron chi connectivity index (χ0n) is 10.1. The summed E-state index contributed by atoms with van der Waals surface area (Å²) in [6.45, 7) is 2.74. The molecule has 18 heavy (non-hydrogen) atoms. The molecule has 0 unspecified atom stereocenters. The third-order valence-electron chi connectivity index (χ3n) is 2.25. The number of hydrogen-bond acceptors (Lipinski definition) is 4. The van der Waals surface area contributed by atoms with Crippen molar-refractivity contribution in [3.8, 4) is 0 Å². The van der Waals surface area contributed by atoms with E-state index in [9.17, 15) is 12.8 Å². The molecule has 0 radical (unpaired) electrons. The molecule has 0 atom stereocenters. The third kappa shape index (κ3) is 4.83. The molecule has 0 amide bonds. The zero-order chi connectivity index (χ0) is 13.6. The first-order valence-corrected chi connectivity index (χ1v) is 8.29. The highest BCUT2D eigenvalue weighted by molar-refractivity contribution is 7.99. The molecule has 0 bridgehead atoms. The van der Waals surface area contributed by atoms with Crippen molar-refractivity contribution in [1.29, 1.82) is 0 Å². The SMILES string of the molecule is CCSCCCNc1ccc(S(N)(=O)=O)cc1F. The van der Waals surface area contributed by atoms with Gasteiger partial charge in [0.15, 0.2) is 0 Å². The van der Waals surface area contributed by atoms with E-state index in [0.29, 0.717) is 12.2 Å². The maximum Gasteiger partial charge on any atom is 0.238 e. The van der Waals surface area contributed by atoms with Gasteiger partial charge in [-0.15, -0.1) is 0 Å². The Balaban J connectivity index is 2.58. The quantitative estimate of drug-likeness (QED) is 0.754. The van der Waals surface area contributed by atoms with Crippen LogP contribution in [0.5, 0.6) is 0 Å². The lowest BCUT2D eigenvalue weighted by molar-refractivity contribution is 0.593. The van der Waals surface area contributed by atoms with Crippen LogP contribution < -0.4 is 10.5 Å². The number of sulfonamides is 1. The second-order valence-corrected chi connectivity index (χ2v) is 6.62. The second-order valence-electron chi connectivity index (χ2n) is 3.66. The Labute approximate surface area is 111 Å². The van der Waals surface area contributed by atoms with Gasteiger partial charge in [-0.1, -0.05) is 6.92 Å². The Kier molecular flexibility index (Phi) is 5.90. The number of benzene rings is 1. The highest BCUT2D eigenvalue weighted by Gasteiger charge is 2.11. The predicted octanol–water partition coefficient (Wildman–Crippen LogP) is 2.03. The second kappa shape index (κ2) is 6.96. The first-order valence-electron chi connectivity index (χ1n) is 5.59. The minimum absolute atomic E-state index is 0.216. The molecule has 0 aliphatic heterocycles. The molecule has 3 N–H and O–H groups in total. The fourth-order valence-corrected chi connectivity index (χ4v) is 2.52. The van der Waals surface area contributed by atoms with Gasteiger partial charge in [-0.2, -0.15) is 11.8 Å². The Morgan fingerprint density at radius 2 is 2.17 bits per heavy atom. The third-order valence-corrected chi connectivity index (χ3v) is 4.15. The number of primary sulfonamides is 1. The van der Waals surface area contributed by atoms with Crippen molar-refractivity contribution >= 4 is 27.5 Å². The average molecular weight is 292 g/mol. The fraction of sp³-hybridized carbons (Fsp3) is 0.455. The van der Waals surface area contributed by atoms with Crippen molar-refractivity contribution in [2.24, 2.45) is 5.14 Å². The Hall–Kier alpha value is -0.790. The summed E-state index contributed by atoms with van der Waals surface area (Å²) >= 11 is 1.82. The first-order chi connectivity index (χ1) is 8.45. The zero-order valence-corrected chi connectivity index (χ0v) is 11.8. The molecule has 1 rings (SSSR count). The molecule has 0 saturated heterocycles. The molecule has 0 aliphatic rings. The van der Waals surface area contributed by atoms with Crippen LogP contribution in [0.15, 0.2) is 23.1 Å². The number of halogens is 1. The van der Waals surface area contributed by atoms with Crippen LogP contribution in [-0.2, 0) is 10.0 Å². The van der Waals surface area contributed by atoms with Crippen LogP contribution in [0.25, 0.3) is 0 Å². The van der Waals surface area contributed by atoms with Crippen LogP contribution in [0.2, 0.25) is 0 Å².